The zero-order chi connectivity index (χ0) is 20.6. The van der Waals surface area contributed by atoms with E-state index in [9.17, 15) is 14.4 Å². The molecule has 3 amide bonds. The molecule has 1 aliphatic heterocycles. The van der Waals surface area contributed by atoms with Crippen molar-refractivity contribution in [2.75, 3.05) is 25.0 Å². The van der Waals surface area contributed by atoms with E-state index in [-0.39, 0.29) is 30.4 Å². The molecule has 1 aliphatic rings. The van der Waals surface area contributed by atoms with Crippen LogP contribution < -0.4 is 15.4 Å². The molecule has 1 saturated heterocycles. The third-order valence-electron chi connectivity index (χ3n) is 4.73. The Morgan fingerprint density at radius 1 is 1.03 bits per heavy atom. The first kappa shape index (κ1) is 20.4. The summed E-state index contributed by atoms with van der Waals surface area (Å²) in [5, 5.41) is 5.68. The fourth-order valence-corrected chi connectivity index (χ4v) is 3.24. The molecule has 7 heteroatoms. The van der Waals surface area contributed by atoms with Crippen molar-refractivity contribution in [3.8, 4) is 5.75 Å². The van der Waals surface area contributed by atoms with Crippen LogP contribution in [0.3, 0.4) is 0 Å². The molecule has 1 heterocycles. The summed E-state index contributed by atoms with van der Waals surface area (Å²) in [6.45, 7) is 2.59. The first-order valence-corrected chi connectivity index (χ1v) is 9.65. The molecule has 0 spiro atoms. The topological polar surface area (TPSA) is 87.7 Å². The normalized spacial score (nSPS) is 14.2. The van der Waals surface area contributed by atoms with Gasteiger partial charge >= 0.3 is 0 Å². The lowest BCUT2D eigenvalue weighted by atomic mass is 10.0. The minimum Gasteiger partial charge on any atom is -0.484 e. The van der Waals surface area contributed by atoms with Crippen molar-refractivity contribution in [3.05, 3.63) is 60.2 Å². The molecule has 1 fully saturated rings. The first-order valence-electron chi connectivity index (χ1n) is 9.65. The fourth-order valence-electron chi connectivity index (χ4n) is 3.24. The summed E-state index contributed by atoms with van der Waals surface area (Å²) in [5.74, 6) is 0.247. The molecule has 2 aromatic carbocycles. The number of likely N-dealkylation sites (tertiary alicyclic amines) is 1. The van der Waals surface area contributed by atoms with Gasteiger partial charge < -0.3 is 20.3 Å². The molecule has 0 aromatic heterocycles. The molecule has 3 rings (SSSR count). The molecule has 152 valence electrons. The molecule has 0 saturated carbocycles. The van der Waals surface area contributed by atoms with Crippen LogP contribution in [0.1, 0.15) is 30.1 Å². The van der Waals surface area contributed by atoms with Crippen LogP contribution >= 0.6 is 0 Å². The predicted molar refractivity (Wildman–Crippen MR) is 110 cm³/mol. The second-order valence-corrected chi connectivity index (χ2v) is 6.99. The largest absolute Gasteiger partial charge is 0.484 e. The van der Waals surface area contributed by atoms with Crippen LogP contribution in [0.25, 0.3) is 0 Å². The van der Waals surface area contributed by atoms with Crippen molar-refractivity contribution in [3.63, 3.8) is 0 Å². The summed E-state index contributed by atoms with van der Waals surface area (Å²) in [6, 6.07) is 16.1. The fraction of sp³-hybridized carbons (Fsp3) is 0.318. The minimum absolute atomic E-state index is 0.00557. The number of hydrogen-bond donors (Lipinski definition) is 2. The van der Waals surface area contributed by atoms with E-state index < -0.39 is 0 Å². The number of nitrogens with zero attached hydrogens (tertiary/aromatic N) is 1. The number of piperidine rings is 1. The number of anilines is 1. The van der Waals surface area contributed by atoms with Crippen molar-refractivity contribution in [1.29, 1.82) is 0 Å². The van der Waals surface area contributed by atoms with Crippen LogP contribution in [-0.4, -0.2) is 48.4 Å². The van der Waals surface area contributed by atoms with Crippen LogP contribution in [-0.2, 0) is 9.59 Å². The maximum absolute atomic E-state index is 12.5. The summed E-state index contributed by atoms with van der Waals surface area (Å²) in [5.41, 5.74) is 1.08. The van der Waals surface area contributed by atoms with Crippen LogP contribution in [0.2, 0.25) is 0 Å². The monoisotopic (exact) mass is 395 g/mol. The van der Waals surface area contributed by atoms with Crippen molar-refractivity contribution >= 4 is 23.4 Å². The molecular weight excluding hydrogens is 370 g/mol. The minimum atomic E-state index is -0.186. The Labute approximate surface area is 170 Å². The van der Waals surface area contributed by atoms with Gasteiger partial charge in [-0.25, -0.2) is 0 Å². The first-order chi connectivity index (χ1) is 14.0. The number of nitrogens with one attached hydrogen (secondary N) is 2. The van der Waals surface area contributed by atoms with E-state index in [1.165, 1.54) is 6.92 Å². The van der Waals surface area contributed by atoms with Crippen molar-refractivity contribution in [2.24, 2.45) is 0 Å². The molecular formula is C22H25N3O4. The summed E-state index contributed by atoms with van der Waals surface area (Å²) in [6.07, 6.45) is 1.38. The number of amides is 3. The summed E-state index contributed by atoms with van der Waals surface area (Å²) >= 11 is 0. The maximum atomic E-state index is 12.5. The Balaban J connectivity index is 1.45. The Kier molecular flexibility index (Phi) is 6.84. The zero-order valence-corrected chi connectivity index (χ0v) is 16.4. The summed E-state index contributed by atoms with van der Waals surface area (Å²) in [4.78, 5) is 37.8. The SMILES string of the molecule is CC(=O)Nc1cccc(C(=O)NC2CCN(C(=O)COc3ccccc3)CC2)c1. The number of carbonyl (C=O) groups is 3. The van der Waals surface area contributed by atoms with E-state index in [0.717, 1.165) is 0 Å². The predicted octanol–water partition coefficient (Wildman–Crippen LogP) is 2.44. The van der Waals surface area contributed by atoms with Crippen LogP contribution in [0.4, 0.5) is 5.69 Å². The zero-order valence-electron chi connectivity index (χ0n) is 16.4. The number of carbonyl (C=O) groups excluding carboxylic acids is 3. The van der Waals surface area contributed by atoms with Gasteiger partial charge in [-0.2, -0.15) is 0 Å². The smallest absolute Gasteiger partial charge is 0.260 e. The van der Waals surface area contributed by atoms with Gasteiger partial charge in [0.1, 0.15) is 5.75 Å². The Morgan fingerprint density at radius 3 is 2.45 bits per heavy atom. The van der Waals surface area contributed by atoms with Gasteiger partial charge in [-0.3, -0.25) is 14.4 Å². The van der Waals surface area contributed by atoms with Crippen molar-refractivity contribution in [2.45, 2.75) is 25.8 Å². The molecule has 7 nitrogen and oxygen atoms in total. The lowest BCUT2D eigenvalue weighted by molar-refractivity contribution is -0.134. The van der Waals surface area contributed by atoms with Gasteiger partial charge in [0, 0.05) is 37.3 Å². The highest BCUT2D eigenvalue weighted by atomic mass is 16.5. The van der Waals surface area contributed by atoms with Crippen LogP contribution in [0, 0.1) is 0 Å². The number of benzene rings is 2. The van der Waals surface area contributed by atoms with E-state index in [2.05, 4.69) is 10.6 Å². The molecule has 0 atom stereocenters. The Hall–Kier alpha value is -3.35. The van der Waals surface area contributed by atoms with Gasteiger partial charge in [-0.1, -0.05) is 24.3 Å². The Morgan fingerprint density at radius 2 is 1.76 bits per heavy atom. The van der Waals surface area contributed by atoms with Gasteiger partial charge in [0.25, 0.3) is 11.8 Å². The van der Waals surface area contributed by atoms with Crippen molar-refractivity contribution in [1.82, 2.24) is 10.2 Å². The second-order valence-electron chi connectivity index (χ2n) is 6.99. The molecule has 2 N–H and O–H groups in total. The standard InChI is InChI=1S/C22H25N3O4/c1-16(26)23-19-7-5-6-17(14-19)22(28)24-18-10-12-25(13-11-18)21(27)15-29-20-8-3-2-4-9-20/h2-9,14,18H,10-13,15H2,1H3,(H,23,26)(H,24,28). The average Bonchev–Trinajstić information content (AvgIpc) is 2.73. The third kappa shape index (κ3) is 6.07. The van der Waals surface area contributed by atoms with Gasteiger partial charge in [0.2, 0.25) is 5.91 Å². The van der Waals surface area contributed by atoms with E-state index in [4.69, 9.17) is 4.74 Å². The van der Waals surface area contributed by atoms with Gasteiger partial charge in [0.15, 0.2) is 6.61 Å². The second kappa shape index (κ2) is 9.73. The quantitative estimate of drug-likeness (QED) is 0.786. The van der Waals surface area contributed by atoms with E-state index in [0.29, 0.717) is 42.9 Å². The Bertz CT molecular complexity index is 861. The molecule has 0 aliphatic carbocycles. The lowest BCUT2D eigenvalue weighted by Gasteiger charge is -2.32. The van der Waals surface area contributed by atoms with E-state index in [1.807, 2.05) is 30.3 Å². The molecule has 0 unspecified atom stereocenters. The summed E-state index contributed by atoms with van der Waals surface area (Å²) < 4.78 is 5.52. The van der Waals surface area contributed by atoms with E-state index in [1.54, 1.807) is 29.2 Å². The van der Waals surface area contributed by atoms with Gasteiger partial charge in [-0.05, 0) is 43.2 Å². The van der Waals surface area contributed by atoms with Gasteiger partial charge in [-0.15, -0.1) is 0 Å². The van der Waals surface area contributed by atoms with Crippen LogP contribution in [0.15, 0.2) is 54.6 Å². The third-order valence-corrected chi connectivity index (χ3v) is 4.73. The molecule has 0 bridgehead atoms. The highest BCUT2D eigenvalue weighted by molar-refractivity contribution is 5.97. The lowest BCUT2D eigenvalue weighted by Crippen LogP contribution is -2.47. The molecule has 29 heavy (non-hydrogen) atoms. The number of para-hydroxylation sites is 1. The number of hydrogen-bond acceptors (Lipinski definition) is 4. The van der Waals surface area contributed by atoms with Crippen LogP contribution in [0.5, 0.6) is 5.75 Å². The van der Waals surface area contributed by atoms with E-state index >= 15 is 0 Å². The summed E-state index contributed by atoms with van der Waals surface area (Å²) in [7, 11) is 0. The number of rotatable bonds is 6. The average molecular weight is 395 g/mol. The highest BCUT2D eigenvalue weighted by Crippen LogP contribution is 2.15. The highest BCUT2D eigenvalue weighted by Gasteiger charge is 2.24. The molecule has 0 radical (unpaired) electrons. The van der Waals surface area contributed by atoms with Gasteiger partial charge in [0.05, 0.1) is 0 Å². The molecule has 2 aromatic rings. The van der Waals surface area contributed by atoms with Crippen molar-refractivity contribution < 1.29 is 19.1 Å². The number of ether oxygens (including phenoxy) is 1. The maximum Gasteiger partial charge on any atom is 0.260 e.